The number of hydrogen-bond acceptors (Lipinski definition) is 5. The highest BCUT2D eigenvalue weighted by molar-refractivity contribution is 5.93. The Morgan fingerprint density at radius 1 is 1.26 bits per heavy atom. The van der Waals surface area contributed by atoms with Crippen LogP contribution < -0.4 is 10.6 Å². The molecule has 6 heteroatoms. The number of rotatable bonds is 5. The van der Waals surface area contributed by atoms with Crippen molar-refractivity contribution < 1.29 is 0 Å². The van der Waals surface area contributed by atoms with Gasteiger partial charge in [-0.2, -0.15) is 0 Å². The second-order valence-electron chi connectivity index (χ2n) is 4.03. The summed E-state index contributed by atoms with van der Waals surface area (Å²) in [7, 11) is 0. The first-order valence-corrected chi connectivity index (χ1v) is 6.02. The number of pyridine rings is 1. The highest BCUT2D eigenvalue weighted by atomic mass is 15.2. The van der Waals surface area contributed by atoms with Gasteiger partial charge in [-0.1, -0.05) is 0 Å². The molecule has 0 aliphatic rings. The Bertz CT molecular complexity index is 554. The van der Waals surface area contributed by atoms with Crippen molar-refractivity contribution in [2.24, 2.45) is 5.73 Å². The SMILES string of the molecule is CCN(Cc1ccncc1)c1nccc(C(=N)N)n1. The first-order chi connectivity index (χ1) is 9.20. The standard InChI is InChI=1S/C13H16N6/c1-2-19(9-10-3-6-16-7-4-10)13-17-8-5-11(18-13)12(14)15/h3-8H,2,9H2,1H3,(H3,14,15). The van der Waals surface area contributed by atoms with Crippen molar-refractivity contribution in [1.82, 2.24) is 15.0 Å². The zero-order valence-electron chi connectivity index (χ0n) is 10.7. The van der Waals surface area contributed by atoms with E-state index in [1.165, 1.54) is 0 Å². The number of nitrogen functional groups attached to an aromatic ring is 1. The smallest absolute Gasteiger partial charge is 0.226 e. The zero-order chi connectivity index (χ0) is 13.7. The Morgan fingerprint density at radius 3 is 2.63 bits per heavy atom. The van der Waals surface area contributed by atoms with E-state index in [9.17, 15) is 0 Å². The first-order valence-electron chi connectivity index (χ1n) is 6.02. The van der Waals surface area contributed by atoms with Gasteiger partial charge in [0.2, 0.25) is 5.95 Å². The molecule has 0 radical (unpaired) electrons. The molecular formula is C13H16N6. The van der Waals surface area contributed by atoms with Crippen molar-refractivity contribution in [3.63, 3.8) is 0 Å². The second-order valence-corrected chi connectivity index (χ2v) is 4.03. The van der Waals surface area contributed by atoms with Crippen LogP contribution in [0.1, 0.15) is 18.2 Å². The molecule has 2 aromatic heterocycles. The minimum absolute atomic E-state index is 0.0522. The molecule has 6 nitrogen and oxygen atoms in total. The molecule has 0 atom stereocenters. The molecule has 0 aliphatic carbocycles. The van der Waals surface area contributed by atoms with Gasteiger partial charge in [0.25, 0.3) is 0 Å². The molecule has 19 heavy (non-hydrogen) atoms. The predicted molar refractivity (Wildman–Crippen MR) is 74.0 cm³/mol. The molecule has 3 N–H and O–H groups in total. The molecule has 2 aromatic rings. The molecule has 0 saturated carbocycles. The number of aromatic nitrogens is 3. The van der Waals surface area contributed by atoms with Crippen molar-refractivity contribution in [3.8, 4) is 0 Å². The van der Waals surface area contributed by atoms with E-state index in [0.29, 0.717) is 18.2 Å². The van der Waals surface area contributed by atoms with E-state index in [2.05, 4.69) is 15.0 Å². The Labute approximate surface area is 111 Å². The van der Waals surface area contributed by atoms with Crippen LogP contribution in [0.4, 0.5) is 5.95 Å². The minimum Gasteiger partial charge on any atom is -0.382 e. The van der Waals surface area contributed by atoms with Gasteiger partial charge in [0, 0.05) is 31.7 Å². The summed E-state index contributed by atoms with van der Waals surface area (Å²) in [5.74, 6) is 0.524. The van der Waals surface area contributed by atoms with Crippen molar-refractivity contribution in [2.45, 2.75) is 13.5 Å². The molecule has 2 rings (SSSR count). The zero-order valence-corrected chi connectivity index (χ0v) is 10.7. The first kappa shape index (κ1) is 12.9. The third-order valence-electron chi connectivity index (χ3n) is 2.71. The topological polar surface area (TPSA) is 91.8 Å². The summed E-state index contributed by atoms with van der Waals surface area (Å²) in [4.78, 5) is 14.5. The van der Waals surface area contributed by atoms with E-state index in [1.807, 2.05) is 24.0 Å². The van der Waals surface area contributed by atoms with Crippen LogP contribution in [0.2, 0.25) is 0 Å². The van der Waals surface area contributed by atoms with E-state index < -0.39 is 0 Å². The number of nitrogens with one attached hydrogen (secondary N) is 1. The molecular weight excluding hydrogens is 240 g/mol. The van der Waals surface area contributed by atoms with Gasteiger partial charge in [-0.25, -0.2) is 9.97 Å². The lowest BCUT2D eigenvalue weighted by Crippen LogP contribution is -2.25. The molecule has 0 unspecified atom stereocenters. The van der Waals surface area contributed by atoms with Crippen molar-refractivity contribution in [1.29, 1.82) is 5.41 Å². The van der Waals surface area contributed by atoms with Gasteiger partial charge >= 0.3 is 0 Å². The van der Waals surface area contributed by atoms with Gasteiger partial charge in [-0.3, -0.25) is 10.4 Å². The number of nitrogens with two attached hydrogens (primary N) is 1. The summed E-state index contributed by atoms with van der Waals surface area (Å²) in [6.07, 6.45) is 5.14. The summed E-state index contributed by atoms with van der Waals surface area (Å²) in [6.45, 7) is 3.50. The van der Waals surface area contributed by atoms with E-state index in [-0.39, 0.29) is 5.84 Å². The average molecular weight is 256 g/mol. The van der Waals surface area contributed by atoms with Crippen LogP contribution in [0.5, 0.6) is 0 Å². The molecule has 0 spiro atoms. The number of nitrogens with zero attached hydrogens (tertiary/aromatic N) is 4. The fraction of sp³-hybridized carbons (Fsp3) is 0.231. The highest BCUT2D eigenvalue weighted by Crippen LogP contribution is 2.11. The van der Waals surface area contributed by atoms with Crippen LogP contribution in [0, 0.1) is 5.41 Å². The van der Waals surface area contributed by atoms with Crippen LogP contribution in [0.25, 0.3) is 0 Å². The second kappa shape index (κ2) is 5.90. The van der Waals surface area contributed by atoms with Crippen molar-refractivity contribution in [2.75, 3.05) is 11.4 Å². The monoisotopic (exact) mass is 256 g/mol. The van der Waals surface area contributed by atoms with Gasteiger partial charge in [-0.05, 0) is 30.7 Å². The lowest BCUT2D eigenvalue weighted by molar-refractivity contribution is 0.789. The summed E-state index contributed by atoms with van der Waals surface area (Å²) in [5.41, 5.74) is 7.02. The largest absolute Gasteiger partial charge is 0.382 e. The third-order valence-corrected chi connectivity index (χ3v) is 2.71. The van der Waals surface area contributed by atoms with Crippen LogP contribution in [-0.4, -0.2) is 27.3 Å². The molecule has 2 heterocycles. The van der Waals surface area contributed by atoms with Crippen LogP contribution in [0.3, 0.4) is 0 Å². The van der Waals surface area contributed by atoms with Crippen LogP contribution in [0.15, 0.2) is 36.8 Å². The van der Waals surface area contributed by atoms with Gasteiger partial charge < -0.3 is 10.6 Å². The van der Waals surface area contributed by atoms with E-state index in [1.54, 1.807) is 24.7 Å². The van der Waals surface area contributed by atoms with Gasteiger partial charge in [0.15, 0.2) is 0 Å². The van der Waals surface area contributed by atoms with Crippen molar-refractivity contribution >= 4 is 11.8 Å². The van der Waals surface area contributed by atoms with Gasteiger partial charge in [0.05, 0.1) is 0 Å². The lowest BCUT2D eigenvalue weighted by atomic mass is 10.2. The Morgan fingerprint density at radius 2 is 2.00 bits per heavy atom. The quantitative estimate of drug-likeness (QED) is 0.619. The maximum Gasteiger partial charge on any atom is 0.226 e. The summed E-state index contributed by atoms with van der Waals surface area (Å²) in [5, 5.41) is 7.41. The Kier molecular flexibility index (Phi) is 4.02. The number of anilines is 1. The number of amidine groups is 1. The van der Waals surface area contributed by atoms with Gasteiger partial charge in [-0.15, -0.1) is 0 Å². The average Bonchev–Trinajstić information content (AvgIpc) is 2.46. The predicted octanol–water partition coefficient (Wildman–Crippen LogP) is 1.18. The summed E-state index contributed by atoms with van der Waals surface area (Å²) < 4.78 is 0. The van der Waals surface area contributed by atoms with Crippen LogP contribution in [-0.2, 0) is 6.54 Å². The normalized spacial score (nSPS) is 10.2. The van der Waals surface area contributed by atoms with E-state index in [0.717, 1.165) is 12.1 Å². The Balaban J connectivity index is 2.22. The van der Waals surface area contributed by atoms with Gasteiger partial charge in [0.1, 0.15) is 11.5 Å². The van der Waals surface area contributed by atoms with E-state index >= 15 is 0 Å². The van der Waals surface area contributed by atoms with Crippen molar-refractivity contribution in [3.05, 3.63) is 48.0 Å². The third kappa shape index (κ3) is 3.25. The summed E-state index contributed by atoms with van der Waals surface area (Å²) >= 11 is 0. The van der Waals surface area contributed by atoms with E-state index in [4.69, 9.17) is 11.1 Å². The maximum absolute atomic E-state index is 7.41. The lowest BCUT2D eigenvalue weighted by Gasteiger charge is -2.20. The molecule has 0 saturated heterocycles. The Hall–Kier alpha value is -2.50. The molecule has 0 fully saturated rings. The molecule has 0 bridgehead atoms. The molecule has 98 valence electrons. The molecule has 0 aliphatic heterocycles. The fourth-order valence-corrected chi connectivity index (χ4v) is 1.68. The minimum atomic E-state index is -0.0522. The molecule has 0 amide bonds. The molecule has 0 aromatic carbocycles. The van der Waals surface area contributed by atoms with Crippen LogP contribution >= 0.6 is 0 Å². The maximum atomic E-state index is 7.41. The number of hydrogen-bond donors (Lipinski definition) is 2. The highest BCUT2D eigenvalue weighted by Gasteiger charge is 2.09. The fourth-order valence-electron chi connectivity index (χ4n) is 1.68. The summed E-state index contributed by atoms with van der Waals surface area (Å²) in [6, 6.07) is 5.54.